The number of aromatic nitrogens is 2. The van der Waals surface area contributed by atoms with E-state index < -0.39 is 15.9 Å². The van der Waals surface area contributed by atoms with Crippen molar-refractivity contribution < 1.29 is 18.0 Å². The van der Waals surface area contributed by atoms with Crippen molar-refractivity contribution in [1.29, 1.82) is 0 Å². The molecule has 152 valence electrons. The molecule has 0 spiro atoms. The highest BCUT2D eigenvalue weighted by molar-refractivity contribution is 7.92. The molecule has 8 nitrogen and oxygen atoms in total. The van der Waals surface area contributed by atoms with Crippen LogP contribution < -0.4 is 9.21 Å². The summed E-state index contributed by atoms with van der Waals surface area (Å²) in [5, 5.41) is 4.32. The third kappa shape index (κ3) is 4.41. The third-order valence-electron chi connectivity index (χ3n) is 4.20. The summed E-state index contributed by atoms with van der Waals surface area (Å²) in [6.45, 7) is 9.07. The van der Waals surface area contributed by atoms with Crippen molar-refractivity contribution in [3.8, 4) is 0 Å². The van der Waals surface area contributed by atoms with Crippen LogP contribution in [0.1, 0.15) is 43.9 Å². The van der Waals surface area contributed by atoms with E-state index in [0.717, 1.165) is 16.3 Å². The summed E-state index contributed by atoms with van der Waals surface area (Å²) >= 11 is 0. The molecule has 0 aliphatic carbocycles. The number of carbonyl (C=O) groups is 2. The van der Waals surface area contributed by atoms with E-state index >= 15 is 0 Å². The molecule has 9 heteroatoms. The molecule has 0 aliphatic heterocycles. The minimum absolute atomic E-state index is 0.0442. The van der Waals surface area contributed by atoms with Gasteiger partial charge >= 0.3 is 0 Å². The maximum absolute atomic E-state index is 13.0. The van der Waals surface area contributed by atoms with Crippen LogP contribution >= 0.6 is 0 Å². The van der Waals surface area contributed by atoms with Gasteiger partial charge in [-0.25, -0.2) is 12.7 Å². The lowest BCUT2D eigenvalue weighted by Crippen LogP contribution is -2.36. The molecule has 2 rings (SSSR count). The Balaban J connectivity index is 2.48. The van der Waals surface area contributed by atoms with Crippen molar-refractivity contribution in [1.82, 2.24) is 9.78 Å². The average Bonchev–Trinajstić information content (AvgIpc) is 2.95. The zero-order valence-electron chi connectivity index (χ0n) is 17.2. The molecular weight excluding hydrogens is 380 g/mol. The van der Waals surface area contributed by atoms with Crippen LogP contribution in [-0.4, -0.2) is 43.3 Å². The van der Waals surface area contributed by atoms with Gasteiger partial charge in [0.15, 0.2) is 5.69 Å². The van der Waals surface area contributed by atoms with Gasteiger partial charge in [-0.2, -0.15) is 5.10 Å². The molecule has 28 heavy (non-hydrogen) atoms. The van der Waals surface area contributed by atoms with E-state index in [1.54, 1.807) is 29.9 Å². The molecule has 0 unspecified atom stereocenters. The number of rotatable bonds is 4. The number of carbonyl (C=O) groups excluding carboxylic acids is 2. The Hall–Kier alpha value is -2.68. The summed E-state index contributed by atoms with van der Waals surface area (Å²) in [5.74, 6) is -0.895. The number of nitrogens with zero attached hydrogens (tertiary/aromatic N) is 4. The van der Waals surface area contributed by atoms with Crippen LogP contribution in [0.5, 0.6) is 0 Å². The third-order valence-corrected chi connectivity index (χ3v) is 5.24. The van der Waals surface area contributed by atoms with E-state index in [1.165, 1.54) is 24.0 Å². The van der Waals surface area contributed by atoms with Gasteiger partial charge < -0.3 is 4.90 Å². The summed E-state index contributed by atoms with van der Waals surface area (Å²) in [7, 11) is -2.29. The summed E-state index contributed by atoms with van der Waals surface area (Å²) < 4.78 is 27.1. The van der Waals surface area contributed by atoms with Crippen molar-refractivity contribution >= 4 is 33.2 Å². The number of amides is 2. The molecule has 0 fully saturated rings. The molecule has 1 aromatic carbocycles. The molecule has 0 N–H and O–H groups in total. The van der Waals surface area contributed by atoms with Crippen molar-refractivity contribution in [3.05, 3.63) is 41.7 Å². The molecule has 0 bridgehead atoms. The van der Waals surface area contributed by atoms with Crippen molar-refractivity contribution in [2.75, 3.05) is 22.5 Å². The molecule has 0 radical (unpaired) electrons. The zero-order chi connectivity index (χ0) is 21.4. The molecule has 0 atom stereocenters. The minimum atomic E-state index is -3.90. The first kappa shape index (κ1) is 21.6. The van der Waals surface area contributed by atoms with E-state index in [9.17, 15) is 18.0 Å². The first-order valence-corrected chi connectivity index (χ1v) is 10.5. The molecular formula is C19H26N4O4S. The molecule has 2 amide bonds. The minimum Gasteiger partial charge on any atom is -0.316 e. The van der Waals surface area contributed by atoms with Crippen LogP contribution in [-0.2, 0) is 20.4 Å². The zero-order valence-corrected chi connectivity index (χ0v) is 18.0. The molecule has 0 aliphatic rings. The maximum atomic E-state index is 13.0. The lowest BCUT2D eigenvalue weighted by atomic mass is 10.1. The normalized spacial score (nSPS) is 12.0. The summed E-state index contributed by atoms with van der Waals surface area (Å²) in [5.41, 5.74) is 1.21. The van der Waals surface area contributed by atoms with E-state index in [-0.39, 0.29) is 22.8 Å². The van der Waals surface area contributed by atoms with Crippen LogP contribution in [0, 0.1) is 6.92 Å². The molecule has 2 aromatic rings. The number of benzene rings is 1. The number of aryl methyl sites for hydroxylation is 1. The van der Waals surface area contributed by atoms with Crippen molar-refractivity contribution in [3.63, 3.8) is 0 Å². The molecule has 1 aromatic heterocycles. The number of sulfonamides is 1. The molecule has 0 saturated carbocycles. The second-order valence-electron chi connectivity index (χ2n) is 7.68. The van der Waals surface area contributed by atoms with Gasteiger partial charge in [0.1, 0.15) is 0 Å². The number of anilines is 2. The maximum Gasteiger partial charge on any atom is 0.292 e. The van der Waals surface area contributed by atoms with E-state index in [2.05, 4.69) is 5.10 Å². The Morgan fingerprint density at radius 1 is 1.07 bits per heavy atom. The fourth-order valence-corrected chi connectivity index (χ4v) is 3.71. The Kier molecular flexibility index (Phi) is 5.70. The summed E-state index contributed by atoms with van der Waals surface area (Å²) in [6.07, 6.45) is 0.966. The van der Waals surface area contributed by atoms with Gasteiger partial charge in [0.2, 0.25) is 15.9 Å². The second kappa shape index (κ2) is 7.38. The van der Waals surface area contributed by atoms with E-state index in [0.29, 0.717) is 5.69 Å². The summed E-state index contributed by atoms with van der Waals surface area (Å²) in [4.78, 5) is 25.9. The number of hydrogen-bond donors (Lipinski definition) is 0. The fraction of sp³-hybridized carbons (Fsp3) is 0.421. The Bertz CT molecular complexity index is 1000. The van der Waals surface area contributed by atoms with Crippen LogP contribution in [0.4, 0.5) is 11.4 Å². The first-order valence-electron chi connectivity index (χ1n) is 8.69. The monoisotopic (exact) mass is 406 g/mol. The predicted molar refractivity (Wildman–Crippen MR) is 109 cm³/mol. The van der Waals surface area contributed by atoms with Crippen molar-refractivity contribution in [2.45, 2.75) is 40.2 Å². The highest BCUT2D eigenvalue weighted by atomic mass is 32.2. The van der Waals surface area contributed by atoms with Crippen LogP contribution in [0.25, 0.3) is 0 Å². The lowest BCUT2D eigenvalue weighted by molar-refractivity contribution is -0.116. The fourth-order valence-electron chi connectivity index (χ4n) is 2.81. The largest absolute Gasteiger partial charge is 0.316 e. The topological polar surface area (TPSA) is 92.6 Å². The number of hydrogen-bond acceptors (Lipinski definition) is 5. The molecule has 0 saturated heterocycles. The van der Waals surface area contributed by atoms with Gasteiger partial charge in [0, 0.05) is 25.4 Å². The first-order chi connectivity index (χ1) is 12.7. The van der Waals surface area contributed by atoms with Crippen molar-refractivity contribution in [2.24, 2.45) is 0 Å². The van der Waals surface area contributed by atoms with Gasteiger partial charge in [-0.15, -0.1) is 0 Å². The lowest BCUT2D eigenvalue weighted by Gasteiger charge is -2.22. The molecule has 1 heterocycles. The standard InChI is InChI=1S/C19H26N4O4S/c1-13-12-17(20-23(13)19(3,4)5)18(25)22(28(7,26)27)16-10-8-15(9-11-16)21(6)14(2)24/h8-12H,1-7H3. The van der Waals surface area contributed by atoms with E-state index in [4.69, 9.17) is 0 Å². The van der Waals surface area contributed by atoms with Gasteiger partial charge in [-0.05, 0) is 58.0 Å². The van der Waals surface area contributed by atoms with E-state index in [1.807, 2.05) is 27.7 Å². The van der Waals surface area contributed by atoms with Crippen LogP contribution in [0.3, 0.4) is 0 Å². The average molecular weight is 407 g/mol. The Labute approximate surface area is 165 Å². The predicted octanol–water partition coefficient (Wildman–Crippen LogP) is 2.54. The highest BCUT2D eigenvalue weighted by Crippen LogP contribution is 2.25. The Morgan fingerprint density at radius 2 is 1.57 bits per heavy atom. The smallest absolute Gasteiger partial charge is 0.292 e. The van der Waals surface area contributed by atoms with Gasteiger partial charge in [-0.1, -0.05) is 0 Å². The second-order valence-corrected chi connectivity index (χ2v) is 9.51. The van der Waals surface area contributed by atoms with Crippen LogP contribution in [0.15, 0.2) is 30.3 Å². The van der Waals surface area contributed by atoms with Gasteiger partial charge in [0.25, 0.3) is 5.91 Å². The van der Waals surface area contributed by atoms with Gasteiger partial charge in [0.05, 0.1) is 17.5 Å². The van der Waals surface area contributed by atoms with Crippen LogP contribution in [0.2, 0.25) is 0 Å². The summed E-state index contributed by atoms with van der Waals surface area (Å²) in [6, 6.07) is 7.72. The van der Waals surface area contributed by atoms with Gasteiger partial charge in [-0.3, -0.25) is 14.3 Å². The quantitative estimate of drug-likeness (QED) is 0.778. The SMILES string of the molecule is CC(=O)N(C)c1ccc(N(C(=O)c2cc(C)n(C(C)(C)C)n2)S(C)(=O)=O)cc1. The highest BCUT2D eigenvalue weighted by Gasteiger charge is 2.30. The Morgan fingerprint density at radius 3 is 1.96 bits per heavy atom.